The summed E-state index contributed by atoms with van der Waals surface area (Å²) in [6.07, 6.45) is 5.85. The van der Waals surface area contributed by atoms with Gasteiger partial charge < -0.3 is 25.2 Å². The maximum absolute atomic E-state index is 12.1. The summed E-state index contributed by atoms with van der Waals surface area (Å²) < 4.78 is 11.6. The second kappa shape index (κ2) is 9.24. The number of aromatic nitrogens is 1. The number of hydrogen-bond donors (Lipinski definition) is 3. The molecule has 1 amide bonds. The summed E-state index contributed by atoms with van der Waals surface area (Å²) >= 11 is 0. The first-order valence-electron chi connectivity index (χ1n) is 9.01. The molecule has 1 aromatic heterocycles. The van der Waals surface area contributed by atoms with Gasteiger partial charge in [-0.25, -0.2) is 0 Å². The standard InChI is InChI=1S/C18H27N3O4/c22-14-10-21-16-2-1-15(25-17(16)12-24-11-14)9-18(23)20-8-5-13-3-6-19-7-4-13/h3-4,6-7,14-17,21-22H,1-2,5,8-12H2,(H,20,23)/t14-,15-,16-,17+/m0/s1. The molecule has 3 heterocycles. The molecular formula is C18H27N3O4. The number of amides is 1. The first-order chi connectivity index (χ1) is 12.2. The molecule has 2 saturated heterocycles. The van der Waals surface area contributed by atoms with Crippen molar-refractivity contribution in [3.63, 3.8) is 0 Å². The molecule has 7 nitrogen and oxygen atoms in total. The Morgan fingerprint density at radius 3 is 3.00 bits per heavy atom. The maximum Gasteiger partial charge on any atom is 0.222 e. The maximum atomic E-state index is 12.1. The van der Waals surface area contributed by atoms with Crippen molar-refractivity contribution in [2.45, 2.75) is 50.0 Å². The molecule has 0 aliphatic carbocycles. The highest BCUT2D eigenvalue weighted by Crippen LogP contribution is 2.23. The van der Waals surface area contributed by atoms with E-state index in [4.69, 9.17) is 9.47 Å². The lowest BCUT2D eigenvalue weighted by molar-refractivity contribution is -0.137. The molecule has 3 rings (SSSR count). The molecule has 25 heavy (non-hydrogen) atoms. The number of ether oxygens (including phenoxy) is 2. The summed E-state index contributed by atoms with van der Waals surface area (Å²) in [5.74, 6) is 0.0210. The topological polar surface area (TPSA) is 92.7 Å². The van der Waals surface area contributed by atoms with E-state index in [9.17, 15) is 9.90 Å². The van der Waals surface area contributed by atoms with Crippen LogP contribution in [0.15, 0.2) is 24.5 Å². The van der Waals surface area contributed by atoms with Gasteiger partial charge in [0.2, 0.25) is 5.91 Å². The lowest BCUT2D eigenvalue weighted by Crippen LogP contribution is -2.53. The number of aliphatic hydroxyl groups excluding tert-OH is 1. The van der Waals surface area contributed by atoms with Crippen molar-refractivity contribution in [3.05, 3.63) is 30.1 Å². The summed E-state index contributed by atoms with van der Waals surface area (Å²) in [5, 5.41) is 16.0. The van der Waals surface area contributed by atoms with Crippen LogP contribution in [-0.4, -0.2) is 66.7 Å². The average molecular weight is 349 g/mol. The van der Waals surface area contributed by atoms with E-state index in [0.717, 1.165) is 24.8 Å². The van der Waals surface area contributed by atoms with Crippen LogP contribution in [-0.2, 0) is 20.7 Å². The molecule has 0 unspecified atom stereocenters. The lowest BCUT2D eigenvalue weighted by atomic mass is 9.96. The van der Waals surface area contributed by atoms with Crippen molar-refractivity contribution in [1.29, 1.82) is 0 Å². The summed E-state index contributed by atoms with van der Waals surface area (Å²) in [5.41, 5.74) is 1.16. The minimum Gasteiger partial charge on any atom is -0.389 e. The minimum atomic E-state index is -0.468. The number of aliphatic hydroxyl groups is 1. The van der Waals surface area contributed by atoms with E-state index >= 15 is 0 Å². The van der Waals surface area contributed by atoms with Crippen LogP contribution in [0.5, 0.6) is 0 Å². The summed E-state index contributed by atoms with van der Waals surface area (Å²) in [7, 11) is 0. The van der Waals surface area contributed by atoms with Gasteiger partial charge in [0, 0.05) is 31.5 Å². The lowest BCUT2D eigenvalue weighted by Gasteiger charge is -2.38. The first-order valence-corrected chi connectivity index (χ1v) is 9.01. The van der Waals surface area contributed by atoms with Gasteiger partial charge in [-0.05, 0) is 37.0 Å². The minimum absolute atomic E-state index is 0.0210. The van der Waals surface area contributed by atoms with E-state index in [0.29, 0.717) is 32.7 Å². The number of β-amino-alcohol motifs (C(OH)–C–C–N with tert-alkyl or cyclic N) is 1. The van der Waals surface area contributed by atoms with Gasteiger partial charge in [0.25, 0.3) is 0 Å². The molecule has 0 spiro atoms. The largest absolute Gasteiger partial charge is 0.389 e. The number of rotatable bonds is 5. The van der Waals surface area contributed by atoms with Crippen molar-refractivity contribution in [3.8, 4) is 0 Å². The molecule has 1 aromatic rings. The van der Waals surface area contributed by atoms with Crippen molar-refractivity contribution < 1.29 is 19.4 Å². The van der Waals surface area contributed by atoms with Crippen LogP contribution >= 0.6 is 0 Å². The molecular weight excluding hydrogens is 322 g/mol. The number of fused-ring (bicyclic) bond motifs is 1. The Kier molecular flexibility index (Phi) is 6.75. The van der Waals surface area contributed by atoms with Gasteiger partial charge in [0.15, 0.2) is 0 Å². The molecule has 2 aliphatic heterocycles. The van der Waals surface area contributed by atoms with E-state index in [1.54, 1.807) is 12.4 Å². The van der Waals surface area contributed by atoms with Crippen molar-refractivity contribution >= 4 is 5.91 Å². The third kappa shape index (κ3) is 5.74. The van der Waals surface area contributed by atoms with Crippen LogP contribution in [0.25, 0.3) is 0 Å². The first kappa shape index (κ1) is 18.3. The van der Waals surface area contributed by atoms with E-state index < -0.39 is 6.10 Å². The summed E-state index contributed by atoms with van der Waals surface area (Å²) in [4.78, 5) is 16.1. The zero-order valence-electron chi connectivity index (χ0n) is 14.4. The predicted octanol–water partition coefficient (Wildman–Crippen LogP) is 0.0273. The summed E-state index contributed by atoms with van der Waals surface area (Å²) in [6.45, 7) is 1.91. The summed E-state index contributed by atoms with van der Waals surface area (Å²) in [6, 6.07) is 4.09. The molecule has 2 fully saturated rings. The van der Waals surface area contributed by atoms with Crippen LogP contribution in [0.4, 0.5) is 0 Å². The Balaban J connectivity index is 1.39. The Bertz CT molecular complexity index is 542. The fourth-order valence-corrected chi connectivity index (χ4v) is 3.34. The number of carbonyl (C=O) groups excluding carboxylic acids is 1. The van der Waals surface area contributed by atoms with Crippen molar-refractivity contribution in [2.24, 2.45) is 0 Å². The van der Waals surface area contributed by atoms with Gasteiger partial charge in [-0.1, -0.05) is 0 Å². The second-order valence-corrected chi connectivity index (χ2v) is 6.74. The fourth-order valence-electron chi connectivity index (χ4n) is 3.34. The normalized spacial score (nSPS) is 30.0. The number of nitrogens with one attached hydrogen (secondary N) is 2. The van der Waals surface area contributed by atoms with Gasteiger partial charge in [-0.3, -0.25) is 9.78 Å². The Hall–Kier alpha value is -1.54. The molecule has 4 atom stereocenters. The second-order valence-electron chi connectivity index (χ2n) is 6.74. The van der Waals surface area contributed by atoms with E-state index in [1.807, 2.05) is 12.1 Å². The third-order valence-corrected chi connectivity index (χ3v) is 4.72. The average Bonchev–Trinajstić information content (AvgIpc) is 2.60. The smallest absolute Gasteiger partial charge is 0.222 e. The van der Waals surface area contributed by atoms with Gasteiger partial charge in [-0.15, -0.1) is 0 Å². The van der Waals surface area contributed by atoms with Crippen LogP contribution in [0.3, 0.4) is 0 Å². The Morgan fingerprint density at radius 2 is 2.16 bits per heavy atom. The SMILES string of the molecule is O=C(C[C@@H]1CC[C@@H]2NC[C@H](O)COC[C@H]2O1)NCCc1ccncc1. The molecule has 3 N–H and O–H groups in total. The Labute approximate surface area is 148 Å². The van der Waals surface area contributed by atoms with E-state index in [1.165, 1.54) is 0 Å². The molecule has 7 heteroatoms. The molecule has 138 valence electrons. The van der Waals surface area contributed by atoms with Crippen LogP contribution in [0.2, 0.25) is 0 Å². The van der Waals surface area contributed by atoms with Gasteiger partial charge in [0.05, 0.1) is 37.9 Å². The van der Waals surface area contributed by atoms with Crippen LogP contribution in [0, 0.1) is 0 Å². The highest BCUT2D eigenvalue weighted by atomic mass is 16.5. The number of carbonyl (C=O) groups is 1. The number of hydrogen-bond acceptors (Lipinski definition) is 6. The highest BCUT2D eigenvalue weighted by Gasteiger charge is 2.33. The molecule has 0 bridgehead atoms. The monoisotopic (exact) mass is 349 g/mol. The molecule has 0 saturated carbocycles. The van der Waals surface area contributed by atoms with Gasteiger partial charge >= 0.3 is 0 Å². The zero-order chi connectivity index (χ0) is 17.5. The van der Waals surface area contributed by atoms with Gasteiger partial charge in [0.1, 0.15) is 0 Å². The van der Waals surface area contributed by atoms with Crippen LogP contribution < -0.4 is 10.6 Å². The quantitative estimate of drug-likeness (QED) is 0.694. The van der Waals surface area contributed by atoms with Crippen molar-refractivity contribution in [1.82, 2.24) is 15.6 Å². The number of pyridine rings is 1. The van der Waals surface area contributed by atoms with Crippen molar-refractivity contribution in [2.75, 3.05) is 26.3 Å². The van der Waals surface area contributed by atoms with Gasteiger partial charge in [-0.2, -0.15) is 0 Å². The fraction of sp³-hybridized carbons (Fsp3) is 0.667. The Morgan fingerprint density at radius 1 is 1.32 bits per heavy atom. The van der Waals surface area contributed by atoms with E-state index in [-0.39, 0.29) is 24.2 Å². The molecule has 0 aromatic carbocycles. The van der Waals surface area contributed by atoms with Crippen LogP contribution in [0.1, 0.15) is 24.8 Å². The molecule has 2 aliphatic rings. The van der Waals surface area contributed by atoms with E-state index in [2.05, 4.69) is 15.6 Å². The molecule has 0 radical (unpaired) electrons. The zero-order valence-corrected chi connectivity index (χ0v) is 14.4. The third-order valence-electron chi connectivity index (χ3n) is 4.72. The predicted molar refractivity (Wildman–Crippen MR) is 92.1 cm³/mol. The number of nitrogens with zero attached hydrogens (tertiary/aromatic N) is 1. The highest BCUT2D eigenvalue weighted by molar-refractivity contribution is 5.76.